The van der Waals surface area contributed by atoms with E-state index in [-0.39, 0.29) is 18.6 Å². The summed E-state index contributed by atoms with van der Waals surface area (Å²) >= 11 is 0. The molecule has 2 heterocycles. The van der Waals surface area contributed by atoms with Gasteiger partial charge in [0.25, 0.3) is 0 Å². The molecule has 1 atom stereocenters. The van der Waals surface area contributed by atoms with E-state index in [4.69, 9.17) is 0 Å². The summed E-state index contributed by atoms with van der Waals surface area (Å²) in [6, 6.07) is 9.37. The van der Waals surface area contributed by atoms with Crippen LogP contribution < -0.4 is 5.32 Å². The minimum Gasteiger partial charge on any atom is -0.383 e. The van der Waals surface area contributed by atoms with Crippen molar-refractivity contribution in [3.8, 4) is 0 Å². The van der Waals surface area contributed by atoms with Gasteiger partial charge < -0.3 is 10.0 Å². The lowest BCUT2D eigenvalue weighted by Gasteiger charge is -2.23. The third-order valence-electron chi connectivity index (χ3n) is 4.12. The van der Waals surface area contributed by atoms with Crippen molar-refractivity contribution < 1.29 is 9.90 Å². The second kappa shape index (κ2) is 6.00. The topological polar surface area (TPSA) is 83.3 Å². The van der Waals surface area contributed by atoms with Crippen molar-refractivity contribution in [1.29, 1.82) is 0 Å². The summed E-state index contributed by atoms with van der Waals surface area (Å²) in [6.45, 7) is 4.73. The fraction of sp³-hybridized carbons (Fsp3) is 0.438. The highest BCUT2D eigenvalue weighted by molar-refractivity contribution is 5.88. The van der Waals surface area contributed by atoms with Crippen molar-refractivity contribution in [2.75, 3.05) is 18.4 Å². The number of urea groups is 1. The average Bonchev–Trinajstić information content (AvgIpc) is 3.16. The third-order valence-corrected chi connectivity index (χ3v) is 4.12. The first kappa shape index (κ1) is 15.5. The van der Waals surface area contributed by atoms with Crippen LogP contribution in [0.15, 0.2) is 36.5 Å². The van der Waals surface area contributed by atoms with Crippen molar-refractivity contribution in [1.82, 2.24) is 19.9 Å². The van der Waals surface area contributed by atoms with E-state index in [1.54, 1.807) is 15.8 Å². The monoisotopic (exact) mass is 315 g/mol. The van der Waals surface area contributed by atoms with Gasteiger partial charge in [0.15, 0.2) is 5.82 Å². The number of likely N-dealkylation sites (tertiary alicyclic amines) is 1. The maximum Gasteiger partial charge on any atom is 0.323 e. The molecule has 1 saturated heterocycles. The maximum atomic E-state index is 12.3. The number of anilines is 1. The standard InChI is InChI=1S/C16H21N5O2/c1-12(2)21-10-14(18-19-21)17-15(22)20-9-8-16(23,11-20)13-6-4-3-5-7-13/h3-7,10,12,23H,8-9,11H2,1-2H3,(H,17,22)/t16-/m0/s1. The summed E-state index contributed by atoms with van der Waals surface area (Å²) in [4.78, 5) is 13.9. The summed E-state index contributed by atoms with van der Waals surface area (Å²) in [7, 11) is 0. The highest BCUT2D eigenvalue weighted by atomic mass is 16.3. The Morgan fingerprint density at radius 2 is 2.09 bits per heavy atom. The fourth-order valence-corrected chi connectivity index (χ4v) is 2.73. The van der Waals surface area contributed by atoms with Crippen LogP contribution in [0.5, 0.6) is 0 Å². The largest absolute Gasteiger partial charge is 0.383 e. The molecule has 1 aliphatic heterocycles. The van der Waals surface area contributed by atoms with Crippen molar-refractivity contribution in [3.05, 3.63) is 42.1 Å². The summed E-state index contributed by atoms with van der Waals surface area (Å²) in [5.41, 5.74) is -0.158. The molecule has 1 fully saturated rings. The minimum atomic E-state index is -0.992. The number of aliphatic hydroxyl groups is 1. The lowest BCUT2D eigenvalue weighted by Crippen LogP contribution is -2.37. The van der Waals surface area contributed by atoms with Crippen LogP contribution in [0.3, 0.4) is 0 Å². The molecule has 2 amide bonds. The Labute approximate surface area is 134 Å². The summed E-state index contributed by atoms with van der Waals surface area (Å²) in [6.07, 6.45) is 2.21. The number of nitrogens with one attached hydrogen (secondary N) is 1. The first-order chi connectivity index (χ1) is 11.0. The molecule has 0 aliphatic carbocycles. The molecule has 2 N–H and O–H groups in total. The quantitative estimate of drug-likeness (QED) is 0.907. The van der Waals surface area contributed by atoms with Gasteiger partial charge in [0.05, 0.1) is 12.7 Å². The van der Waals surface area contributed by atoms with Gasteiger partial charge in [-0.25, -0.2) is 9.48 Å². The molecule has 3 rings (SSSR count). The van der Waals surface area contributed by atoms with Crippen molar-refractivity contribution >= 4 is 11.8 Å². The number of benzene rings is 1. The Morgan fingerprint density at radius 1 is 1.35 bits per heavy atom. The summed E-state index contributed by atoms with van der Waals surface area (Å²) in [5.74, 6) is 0.416. The smallest absolute Gasteiger partial charge is 0.323 e. The van der Waals surface area contributed by atoms with Gasteiger partial charge in [0, 0.05) is 12.6 Å². The van der Waals surface area contributed by atoms with Gasteiger partial charge in [-0.1, -0.05) is 35.5 Å². The fourth-order valence-electron chi connectivity index (χ4n) is 2.73. The lowest BCUT2D eigenvalue weighted by atomic mass is 9.93. The van der Waals surface area contributed by atoms with Crippen LogP contribution in [0, 0.1) is 0 Å². The number of hydrogen-bond acceptors (Lipinski definition) is 4. The molecule has 23 heavy (non-hydrogen) atoms. The molecule has 0 radical (unpaired) electrons. The van der Waals surface area contributed by atoms with Gasteiger partial charge in [-0.05, 0) is 25.8 Å². The number of aromatic nitrogens is 3. The van der Waals surface area contributed by atoms with E-state index in [0.717, 1.165) is 5.56 Å². The predicted octanol–water partition coefficient (Wildman–Crippen LogP) is 1.98. The van der Waals surface area contributed by atoms with Crippen molar-refractivity contribution in [2.24, 2.45) is 0 Å². The molecule has 0 spiro atoms. The van der Waals surface area contributed by atoms with Crippen LogP contribution >= 0.6 is 0 Å². The summed E-state index contributed by atoms with van der Waals surface area (Å²) < 4.78 is 1.68. The molecule has 7 heteroatoms. The molecular weight excluding hydrogens is 294 g/mol. The van der Waals surface area contributed by atoms with E-state index < -0.39 is 5.60 Å². The van der Waals surface area contributed by atoms with Crippen molar-refractivity contribution in [3.63, 3.8) is 0 Å². The lowest BCUT2D eigenvalue weighted by molar-refractivity contribution is 0.0500. The van der Waals surface area contributed by atoms with Crippen LogP contribution in [-0.2, 0) is 5.60 Å². The number of hydrogen-bond donors (Lipinski definition) is 2. The average molecular weight is 315 g/mol. The van der Waals surface area contributed by atoms with Gasteiger partial charge in [0.2, 0.25) is 0 Å². The second-order valence-corrected chi connectivity index (χ2v) is 6.18. The Balaban J connectivity index is 1.65. The normalized spacial score (nSPS) is 21.0. The highest BCUT2D eigenvalue weighted by Crippen LogP contribution is 2.31. The Kier molecular flexibility index (Phi) is 4.04. The van der Waals surface area contributed by atoms with Gasteiger partial charge in [-0.3, -0.25) is 5.32 Å². The Morgan fingerprint density at radius 3 is 2.74 bits per heavy atom. The number of amides is 2. The third kappa shape index (κ3) is 3.19. The van der Waals surface area contributed by atoms with Crippen LogP contribution in [-0.4, -0.2) is 44.1 Å². The van der Waals surface area contributed by atoms with E-state index in [0.29, 0.717) is 18.8 Å². The van der Waals surface area contributed by atoms with E-state index in [9.17, 15) is 9.90 Å². The van der Waals surface area contributed by atoms with Crippen molar-refractivity contribution in [2.45, 2.75) is 31.9 Å². The zero-order valence-corrected chi connectivity index (χ0v) is 13.3. The molecule has 122 valence electrons. The molecule has 1 aliphatic rings. The molecular formula is C16H21N5O2. The zero-order valence-electron chi connectivity index (χ0n) is 13.3. The number of nitrogens with zero attached hydrogens (tertiary/aromatic N) is 4. The van der Waals surface area contributed by atoms with E-state index in [1.165, 1.54) is 0 Å². The van der Waals surface area contributed by atoms with E-state index in [2.05, 4.69) is 15.6 Å². The molecule has 0 bridgehead atoms. The number of carbonyl (C=O) groups is 1. The second-order valence-electron chi connectivity index (χ2n) is 6.18. The van der Waals surface area contributed by atoms with E-state index in [1.807, 2.05) is 44.2 Å². The minimum absolute atomic E-state index is 0.183. The number of β-amino-alcohol motifs (C(OH)–C–C–N with tert-alkyl or cyclic N) is 1. The number of carbonyl (C=O) groups excluding carboxylic acids is 1. The molecule has 0 unspecified atom stereocenters. The maximum absolute atomic E-state index is 12.3. The Hall–Kier alpha value is -2.41. The Bertz CT molecular complexity index is 685. The van der Waals surface area contributed by atoms with Gasteiger partial charge in [-0.2, -0.15) is 0 Å². The van der Waals surface area contributed by atoms with Gasteiger partial charge in [-0.15, -0.1) is 5.10 Å². The van der Waals surface area contributed by atoms with Crippen LogP contribution in [0.2, 0.25) is 0 Å². The predicted molar refractivity (Wildman–Crippen MR) is 86.0 cm³/mol. The van der Waals surface area contributed by atoms with Gasteiger partial charge in [0.1, 0.15) is 5.60 Å². The highest BCUT2D eigenvalue weighted by Gasteiger charge is 2.39. The molecule has 2 aromatic rings. The molecule has 1 aromatic carbocycles. The van der Waals surface area contributed by atoms with Crippen LogP contribution in [0.4, 0.5) is 10.6 Å². The number of rotatable bonds is 3. The molecule has 1 aromatic heterocycles. The first-order valence-electron chi connectivity index (χ1n) is 7.73. The molecule has 0 saturated carbocycles. The first-order valence-corrected chi connectivity index (χ1v) is 7.73. The molecule has 7 nitrogen and oxygen atoms in total. The summed E-state index contributed by atoms with van der Waals surface area (Å²) in [5, 5.41) is 21.4. The van der Waals surface area contributed by atoms with Crippen LogP contribution in [0.1, 0.15) is 31.9 Å². The van der Waals surface area contributed by atoms with Gasteiger partial charge >= 0.3 is 6.03 Å². The van der Waals surface area contributed by atoms with E-state index >= 15 is 0 Å². The zero-order chi connectivity index (χ0) is 16.4. The SMILES string of the molecule is CC(C)n1cc(NC(=O)N2CC[C@@](O)(c3ccccc3)C2)nn1. The van der Waals surface area contributed by atoms with Crippen LogP contribution in [0.25, 0.3) is 0 Å².